The molecular weight excluding hydrogens is 502 g/mol. The van der Waals surface area contributed by atoms with Crippen LogP contribution in [0, 0.1) is 11.8 Å². The number of anilines is 1. The number of hydrogen-bond donors (Lipinski definition) is 1. The highest BCUT2D eigenvalue weighted by Crippen LogP contribution is 2.48. The van der Waals surface area contributed by atoms with Gasteiger partial charge in [0.1, 0.15) is 5.69 Å². The van der Waals surface area contributed by atoms with Gasteiger partial charge in [-0.3, -0.25) is 14.5 Å². The van der Waals surface area contributed by atoms with Gasteiger partial charge in [0.2, 0.25) is 11.8 Å². The van der Waals surface area contributed by atoms with Gasteiger partial charge in [0.25, 0.3) is 0 Å². The first-order valence-corrected chi connectivity index (χ1v) is 14.2. The second-order valence-electron chi connectivity index (χ2n) is 11.5. The van der Waals surface area contributed by atoms with E-state index < -0.39 is 5.76 Å². The zero-order valence-electron chi connectivity index (χ0n) is 21.6. The van der Waals surface area contributed by atoms with E-state index >= 15 is 0 Å². The minimum atomic E-state index is -0.616. The molecule has 38 heavy (non-hydrogen) atoms. The monoisotopic (exact) mass is 533 g/mol. The van der Waals surface area contributed by atoms with Crippen LogP contribution in [-0.4, -0.2) is 41.7 Å². The zero-order chi connectivity index (χ0) is 25.9. The van der Waals surface area contributed by atoms with Crippen LogP contribution in [0.4, 0.5) is 5.95 Å². The lowest BCUT2D eigenvalue weighted by Gasteiger charge is -2.46. The Morgan fingerprint density at radius 2 is 1.92 bits per heavy atom. The third-order valence-electron chi connectivity index (χ3n) is 9.06. The fourth-order valence-corrected chi connectivity index (χ4v) is 7.03. The Hall–Kier alpha value is -3.20. The summed E-state index contributed by atoms with van der Waals surface area (Å²) in [6.07, 6.45) is 14.6. The zero-order valence-corrected chi connectivity index (χ0v) is 22.4. The number of nitrogens with one attached hydrogen (secondary N) is 1. The van der Waals surface area contributed by atoms with Crippen molar-refractivity contribution in [3.8, 4) is 22.8 Å². The molecule has 0 aromatic carbocycles. The molecule has 1 N–H and O–H groups in total. The average molecular weight is 534 g/mol. The molecule has 4 aromatic rings. The minimum absolute atomic E-state index is 0.228. The van der Waals surface area contributed by atoms with E-state index in [1.807, 2.05) is 12.1 Å². The first-order chi connectivity index (χ1) is 18.5. The van der Waals surface area contributed by atoms with Crippen LogP contribution in [0.25, 0.3) is 33.8 Å². The predicted molar refractivity (Wildman–Crippen MR) is 146 cm³/mol. The fraction of sp³-hybridized carbons (Fsp3) is 0.536. The maximum atomic E-state index is 11.7. The summed E-state index contributed by atoms with van der Waals surface area (Å²) < 4.78 is 7.23. The molecule has 3 fully saturated rings. The molecule has 1 spiro atoms. The van der Waals surface area contributed by atoms with Gasteiger partial charge in [0, 0.05) is 36.6 Å². The molecule has 2 saturated carbocycles. The van der Waals surface area contributed by atoms with Crippen molar-refractivity contribution in [1.82, 2.24) is 29.7 Å². The van der Waals surface area contributed by atoms with Crippen LogP contribution in [0.3, 0.4) is 0 Å². The molecule has 0 atom stereocenters. The lowest BCUT2D eigenvalue weighted by atomic mass is 9.75. The third-order valence-corrected chi connectivity index (χ3v) is 9.27. The van der Waals surface area contributed by atoms with E-state index in [1.165, 1.54) is 57.8 Å². The van der Waals surface area contributed by atoms with Gasteiger partial charge in [-0.1, -0.05) is 36.5 Å². The number of halogens is 1. The van der Waals surface area contributed by atoms with Crippen molar-refractivity contribution in [3.05, 3.63) is 40.1 Å². The van der Waals surface area contributed by atoms with Gasteiger partial charge in [0.15, 0.2) is 0 Å². The first kappa shape index (κ1) is 23.9. The lowest BCUT2D eigenvalue weighted by Crippen LogP contribution is -2.50. The van der Waals surface area contributed by atoms with Gasteiger partial charge in [-0.2, -0.15) is 0 Å². The highest BCUT2D eigenvalue weighted by Gasteiger charge is 2.47. The third kappa shape index (κ3) is 4.02. The summed E-state index contributed by atoms with van der Waals surface area (Å²) in [7, 11) is 0. The molecule has 9 nitrogen and oxygen atoms in total. The second kappa shape index (κ2) is 9.22. The smallest absolute Gasteiger partial charge is 0.337 e. The van der Waals surface area contributed by atoms with Crippen molar-refractivity contribution in [2.24, 2.45) is 11.8 Å². The van der Waals surface area contributed by atoms with E-state index in [0.717, 1.165) is 47.2 Å². The van der Waals surface area contributed by atoms with Crippen LogP contribution < -0.4 is 10.7 Å². The quantitative estimate of drug-likeness (QED) is 0.343. The van der Waals surface area contributed by atoms with E-state index in [9.17, 15) is 4.79 Å². The Labute approximate surface area is 225 Å². The van der Waals surface area contributed by atoms with Gasteiger partial charge < -0.3 is 9.47 Å². The number of hydrogen-bond acceptors (Lipinski definition) is 7. The maximum Gasteiger partial charge on any atom is 0.439 e. The molecule has 0 unspecified atom stereocenters. The second-order valence-corrected chi connectivity index (χ2v) is 12.0. The number of aromatic nitrogens is 6. The predicted octanol–water partition coefficient (Wildman–Crippen LogP) is 5.84. The van der Waals surface area contributed by atoms with Gasteiger partial charge >= 0.3 is 5.76 Å². The van der Waals surface area contributed by atoms with E-state index in [4.69, 9.17) is 26.1 Å². The minimum Gasteiger partial charge on any atom is -0.337 e. The highest BCUT2D eigenvalue weighted by molar-refractivity contribution is 6.30. The summed E-state index contributed by atoms with van der Waals surface area (Å²) in [6.45, 7) is 4.30. The molecule has 2 aliphatic carbocycles. The number of fused-ring (bicyclic) bond motifs is 1. The van der Waals surface area contributed by atoms with Gasteiger partial charge in [-0.25, -0.2) is 14.8 Å². The molecule has 1 aliphatic heterocycles. The van der Waals surface area contributed by atoms with Gasteiger partial charge in [-0.15, -0.1) is 0 Å². The first-order valence-electron chi connectivity index (χ1n) is 13.9. The standard InChI is InChI=1S/C28H32ClN7O2/c1-17-4-6-18(7-5-17)16-35-24-21(32-26(35)36-11-3-10-28(36)8-2-9-28)13-22(25-33-27(37)38-34-25)31-23(24)19-12-20(29)15-30-14-19/h12-15,17-18H,2-11,16H2,1H3,(H,33,34,37)/t17-,18-. The van der Waals surface area contributed by atoms with Crippen molar-refractivity contribution < 1.29 is 4.52 Å². The van der Waals surface area contributed by atoms with Gasteiger partial charge in [-0.05, 0) is 68.9 Å². The van der Waals surface area contributed by atoms with Gasteiger partial charge in [0.05, 0.1) is 21.7 Å². The molecule has 1 saturated heterocycles. The molecular formula is C28H32ClN7O2. The normalized spacial score (nSPS) is 22.8. The largest absolute Gasteiger partial charge is 0.439 e. The molecule has 0 amide bonds. The molecule has 3 aliphatic rings. The molecule has 5 heterocycles. The van der Waals surface area contributed by atoms with E-state index in [-0.39, 0.29) is 11.4 Å². The maximum absolute atomic E-state index is 11.7. The summed E-state index contributed by atoms with van der Waals surface area (Å²) in [5.74, 6) is 2.10. The van der Waals surface area contributed by atoms with Crippen LogP contribution in [0.15, 0.2) is 33.8 Å². The Balaban J connectivity index is 1.45. The summed E-state index contributed by atoms with van der Waals surface area (Å²) in [4.78, 5) is 31.6. The molecule has 0 radical (unpaired) electrons. The number of imidazole rings is 1. The number of H-pyrrole nitrogens is 1. The van der Waals surface area contributed by atoms with Crippen molar-refractivity contribution >= 4 is 28.6 Å². The Morgan fingerprint density at radius 3 is 2.63 bits per heavy atom. The summed E-state index contributed by atoms with van der Waals surface area (Å²) in [6, 6.07) is 3.80. The van der Waals surface area contributed by atoms with Crippen LogP contribution >= 0.6 is 11.6 Å². The Morgan fingerprint density at radius 1 is 1.11 bits per heavy atom. The molecule has 0 bridgehead atoms. The van der Waals surface area contributed by atoms with Crippen molar-refractivity contribution in [3.63, 3.8) is 0 Å². The summed E-state index contributed by atoms with van der Waals surface area (Å²) in [5, 5.41) is 4.45. The average Bonchev–Trinajstić information content (AvgIpc) is 3.61. The van der Waals surface area contributed by atoms with Crippen molar-refractivity contribution in [2.75, 3.05) is 11.4 Å². The molecule has 4 aromatic heterocycles. The molecule has 198 valence electrons. The SMILES string of the molecule is C[C@H]1CC[C@H](Cn2c(N3CCCC34CCC4)nc3cc(-c4noc(=O)[nH]4)nc(-c4cncc(Cl)c4)c32)CC1. The number of nitrogens with zero attached hydrogens (tertiary/aromatic N) is 6. The summed E-state index contributed by atoms with van der Waals surface area (Å²) in [5.41, 5.74) is 4.08. The highest BCUT2D eigenvalue weighted by atomic mass is 35.5. The molecule has 10 heteroatoms. The van der Waals surface area contributed by atoms with Crippen LogP contribution in [0.2, 0.25) is 5.02 Å². The Bertz CT molecular complexity index is 1540. The van der Waals surface area contributed by atoms with Crippen LogP contribution in [0.1, 0.15) is 64.7 Å². The number of aromatic amines is 1. The Kier molecular flexibility index (Phi) is 5.80. The van der Waals surface area contributed by atoms with Crippen LogP contribution in [-0.2, 0) is 6.54 Å². The number of rotatable bonds is 5. The van der Waals surface area contributed by atoms with E-state index in [1.54, 1.807) is 12.4 Å². The van der Waals surface area contributed by atoms with Crippen molar-refractivity contribution in [2.45, 2.75) is 76.8 Å². The number of pyridine rings is 2. The van der Waals surface area contributed by atoms with E-state index in [0.29, 0.717) is 16.6 Å². The lowest BCUT2D eigenvalue weighted by molar-refractivity contribution is 0.242. The fourth-order valence-electron chi connectivity index (χ4n) is 6.85. The van der Waals surface area contributed by atoms with Crippen molar-refractivity contribution in [1.29, 1.82) is 0 Å². The topological polar surface area (TPSA) is 106 Å². The molecule has 7 rings (SSSR count). The van der Waals surface area contributed by atoms with Crippen LogP contribution in [0.5, 0.6) is 0 Å². The summed E-state index contributed by atoms with van der Waals surface area (Å²) >= 11 is 6.39. The van der Waals surface area contributed by atoms with E-state index in [2.05, 4.69) is 31.5 Å².